The Morgan fingerprint density at radius 3 is 2.64 bits per heavy atom. The van der Waals surface area contributed by atoms with Crippen LogP contribution >= 0.6 is 0 Å². The maximum absolute atomic E-state index is 12.5. The molecule has 0 bridgehead atoms. The Kier molecular flexibility index (Phi) is 3.24. The van der Waals surface area contributed by atoms with Crippen LogP contribution < -0.4 is 10.5 Å². The van der Waals surface area contributed by atoms with E-state index in [0.29, 0.717) is 5.92 Å². The lowest BCUT2D eigenvalue weighted by atomic mass is 9.76. The lowest BCUT2D eigenvalue weighted by molar-refractivity contribution is 0.321. The van der Waals surface area contributed by atoms with E-state index in [1.165, 1.54) is 0 Å². The summed E-state index contributed by atoms with van der Waals surface area (Å²) in [4.78, 5) is 22.8. The lowest BCUT2D eigenvalue weighted by Gasteiger charge is -2.39. The van der Waals surface area contributed by atoms with Crippen molar-refractivity contribution in [2.24, 2.45) is 0 Å². The minimum Gasteiger partial charge on any atom is -0.355 e. The van der Waals surface area contributed by atoms with Crippen LogP contribution in [0, 0.1) is 6.92 Å². The van der Waals surface area contributed by atoms with Crippen LogP contribution in [0.15, 0.2) is 16.9 Å². The second kappa shape index (κ2) is 5.38. The van der Waals surface area contributed by atoms with Crippen LogP contribution in [-0.2, 0) is 11.8 Å². The van der Waals surface area contributed by atoms with Gasteiger partial charge in [-0.2, -0.15) is 5.10 Å². The molecule has 0 atom stereocenters. The first-order valence-electron chi connectivity index (χ1n) is 9.33. The molecule has 3 aliphatic rings. The molecule has 0 radical (unpaired) electrons. The Morgan fingerprint density at radius 2 is 1.96 bits per heavy atom. The van der Waals surface area contributed by atoms with Gasteiger partial charge in [-0.15, -0.1) is 5.10 Å². The highest BCUT2D eigenvalue weighted by molar-refractivity contribution is 5.41. The molecule has 3 heterocycles. The summed E-state index contributed by atoms with van der Waals surface area (Å²) < 4.78 is 0. The summed E-state index contributed by atoms with van der Waals surface area (Å²) in [6.07, 6.45) is 6.32. The van der Waals surface area contributed by atoms with E-state index in [2.05, 4.69) is 26.1 Å². The summed E-state index contributed by atoms with van der Waals surface area (Å²) >= 11 is 0. The van der Waals surface area contributed by atoms with Gasteiger partial charge in [0.15, 0.2) is 5.82 Å². The van der Waals surface area contributed by atoms with Gasteiger partial charge in [0.1, 0.15) is 5.82 Å². The van der Waals surface area contributed by atoms with Gasteiger partial charge in [-0.1, -0.05) is 0 Å². The quantitative estimate of drug-likeness (QED) is 0.909. The molecule has 2 aliphatic carbocycles. The van der Waals surface area contributed by atoms with E-state index in [0.717, 1.165) is 80.2 Å². The minimum absolute atomic E-state index is 0.0852. The Labute approximate surface area is 146 Å². The zero-order chi connectivity index (χ0) is 17.0. The summed E-state index contributed by atoms with van der Waals surface area (Å²) in [5, 5.41) is 8.51. The first-order chi connectivity index (χ1) is 12.1. The van der Waals surface area contributed by atoms with E-state index < -0.39 is 0 Å². The van der Waals surface area contributed by atoms with Crippen molar-refractivity contribution in [1.29, 1.82) is 0 Å². The first kappa shape index (κ1) is 15.0. The molecule has 0 aromatic carbocycles. The van der Waals surface area contributed by atoms with E-state index in [1.807, 2.05) is 13.0 Å². The van der Waals surface area contributed by atoms with Crippen molar-refractivity contribution < 1.29 is 0 Å². The number of aryl methyl sites for hydroxylation is 1. The van der Waals surface area contributed by atoms with E-state index >= 15 is 0 Å². The average molecular weight is 337 g/mol. The van der Waals surface area contributed by atoms with Crippen molar-refractivity contribution in [3.8, 4) is 0 Å². The molecule has 5 rings (SSSR count). The van der Waals surface area contributed by atoms with Gasteiger partial charge in [0.05, 0.1) is 11.4 Å². The zero-order valence-electron chi connectivity index (χ0n) is 14.6. The SMILES string of the molecule is Cc1ccc(N2CCC3(CCc4c3nc(C3CC3)[nH]c4=O)CC2)nn1. The Balaban J connectivity index is 1.42. The highest BCUT2D eigenvalue weighted by Gasteiger charge is 2.44. The molecule has 0 unspecified atom stereocenters. The van der Waals surface area contributed by atoms with E-state index in [9.17, 15) is 4.79 Å². The van der Waals surface area contributed by atoms with Crippen molar-refractivity contribution in [3.05, 3.63) is 45.3 Å². The number of nitrogens with one attached hydrogen (secondary N) is 1. The van der Waals surface area contributed by atoms with Gasteiger partial charge >= 0.3 is 0 Å². The van der Waals surface area contributed by atoms with Crippen LogP contribution in [0.25, 0.3) is 0 Å². The number of hydrogen-bond donors (Lipinski definition) is 1. The summed E-state index contributed by atoms with van der Waals surface area (Å²) in [7, 11) is 0. The second-order valence-electron chi connectivity index (χ2n) is 7.85. The summed E-state index contributed by atoms with van der Waals surface area (Å²) in [5.41, 5.74) is 3.18. The zero-order valence-corrected chi connectivity index (χ0v) is 14.6. The fourth-order valence-corrected chi connectivity index (χ4v) is 4.43. The lowest BCUT2D eigenvalue weighted by Crippen LogP contribution is -2.42. The summed E-state index contributed by atoms with van der Waals surface area (Å²) in [6, 6.07) is 4.07. The Bertz CT molecular complexity index is 860. The van der Waals surface area contributed by atoms with Crippen LogP contribution in [0.1, 0.15) is 60.8 Å². The van der Waals surface area contributed by atoms with Gasteiger partial charge in [0.2, 0.25) is 0 Å². The Hall–Kier alpha value is -2.24. The monoisotopic (exact) mass is 337 g/mol. The van der Waals surface area contributed by atoms with Gasteiger partial charge in [0, 0.05) is 30.0 Å². The van der Waals surface area contributed by atoms with Crippen molar-refractivity contribution >= 4 is 5.82 Å². The molecule has 0 amide bonds. The van der Waals surface area contributed by atoms with E-state index in [1.54, 1.807) is 0 Å². The van der Waals surface area contributed by atoms with Crippen molar-refractivity contribution in [2.75, 3.05) is 18.0 Å². The molecule has 130 valence electrons. The molecule has 1 saturated heterocycles. The van der Waals surface area contributed by atoms with Gasteiger partial charge in [-0.3, -0.25) is 4.79 Å². The molecule has 6 nitrogen and oxygen atoms in total. The summed E-state index contributed by atoms with van der Waals surface area (Å²) in [6.45, 7) is 3.85. The van der Waals surface area contributed by atoms with Gasteiger partial charge in [-0.05, 0) is 57.6 Å². The maximum Gasteiger partial charge on any atom is 0.254 e. The molecule has 1 aliphatic heterocycles. The number of rotatable bonds is 2. The third kappa shape index (κ3) is 2.46. The number of piperidine rings is 1. The van der Waals surface area contributed by atoms with Crippen LogP contribution in [0.3, 0.4) is 0 Å². The number of aromatic amines is 1. The molecule has 2 aromatic heterocycles. The summed E-state index contributed by atoms with van der Waals surface area (Å²) in [5.74, 6) is 2.37. The number of nitrogens with zero attached hydrogens (tertiary/aromatic N) is 4. The standard InChI is InChI=1S/C19H23N5O/c1-12-2-5-15(23-22-12)24-10-8-19(9-11-24)7-6-14-16(19)20-17(13-3-4-13)21-18(14)25/h2,5,13H,3-4,6-11H2,1H3,(H,20,21,25). The molecular formula is C19H23N5O. The average Bonchev–Trinajstić information content (AvgIpc) is 3.42. The number of aromatic nitrogens is 4. The molecule has 1 N–H and O–H groups in total. The largest absolute Gasteiger partial charge is 0.355 e. The Morgan fingerprint density at radius 1 is 1.16 bits per heavy atom. The first-order valence-corrected chi connectivity index (χ1v) is 9.33. The van der Waals surface area contributed by atoms with Gasteiger partial charge in [-0.25, -0.2) is 4.98 Å². The van der Waals surface area contributed by atoms with Crippen LogP contribution in [0.4, 0.5) is 5.82 Å². The van der Waals surface area contributed by atoms with Crippen molar-refractivity contribution in [1.82, 2.24) is 20.2 Å². The minimum atomic E-state index is 0.0852. The van der Waals surface area contributed by atoms with Gasteiger partial charge in [0.25, 0.3) is 5.56 Å². The fourth-order valence-electron chi connectivity index (χ4n) is 4.43. The smallest absolute Gasteiger partial charge is 0.254 e. The number of H-pyrrole nitrogens is 1. The molecule has 2 fully saturated rings. The highest BCUT2D eigenvalue weighted by Crippen LogP contribution is 2.46. The third-order valence-electron chi connectivity index (χ3n) is 6.18. The van der Waals surface area contributed by atoms with Gasteiger partial charge < -0.3 is 9.88 Å². The molecule has 1 spiro atoms. The molecular weight excluding hydrogens is 314 g/mol. The van der Waals surface area contributed by atoms with Crippen LogP contribution in [0.5, 0.6) is 0 Å². The molecule has 1 saturated carbocycles. The van der Waals surface area contributed by atoms with E-state index in [4.69, 9.17) is 4.98 Å². The normalized spacial score (nSPS) is 21.6. The molecule has 2 aromatic rings. The van der Waals surface area contributed by atoms with E-state index in [-0.39, 0.29) is 11.0 Å². The third-order valence-corrected chi connectivity index (χ3v) is 6.18. The predicted octanol–water partition coefficient (Wildman–Crippen LogP) is 2.23. The number of hydrogen-bond acceptors (Lipinski definition) is 5. The highest BCUT2D eigenvalue weighted by atomic mass is 16.1. The predicted molar refractivity (Wildman–Crippen MR) is 95.0 cm³/mol. The second-order valence-corrected chi connectivity index (χ2v) is 7.85. The van der Waals surface area contributed by atoms with Crippen molar-refractivity contribution in [3.63, 3.8) is 0 Å². The molecule has 25 heavy (non-hydrogen) atoms. The molecule has 6 heteroatoms. The van der Waals surface area contributed by atoms with Crippen LogP contribution in [-0.4, -0.2) is 33.3 Å². The van der Waals surface area contributed by atoms with Crippen LogP contribution in [0.2, 0.25) is 0 Å². The topological polar surface area (TPSA) is 74.8 Å². The number of anilines is 1. The fraction of sp³-hybridized carbons (Fsp3) is 0.579. The number of fused-ring (bicyclic) bond motifs is 2. The maximum atomic E-state index is 12.5. The van der Waals surface area contributed by atoms with Crippen molar-refractivity contribution in [2.45, 2.75) is 56.8 Å².